The summed E-state index contributed by atoms with van der Waals surface area (Å²) in [5.41, 5.74) is 6.91. The third kappa shape index (κ3) is 2.87. The zero-order chi connectivity index (χ0) is 13.0. The van der Waals surface area contributed by atoms with E-state index in [-0.39, 0.29) is 5.92 Å². The first kappa shape index (κ1) is 12.6. The van der Waals surface area contributed by atoms with Crippen molar-refractivity contribution in [1.29, 1.82) is 0 Å². The molecule has 0 amide bonds. The number of ether oxygens (including phenoxy) is 1. The third-order valence-corrected chi connectivity index (χ3v) is 2.79. The van der Waals surface area contributed by atoms with Crippen LogP contribution in [0.4, 0.5) is 0 Å². The molecule has 18 heavy (non-hydrogen) atoms. The Bertz CT molecular complexity index is 510. The van der Waals surface area contributed by atoms with Crippen molar-refractivity contribution in [3.05, 3.63) is 41.6 Å². The van der Waals surface area contributed by atoms with Gasteiger partial charge in [-0.15, -0.1) is 10.2 Å². The molecule has 1 aromatic carbocycles. The topological polar surface area (TPSA) is 74.2 Å². The number of nitrogens with two attached hydrogens (primary N) is 1. The van der Waals surface area contributed by atoms with E-state index >= 15 is 0 Å². The summed E-state index contributed by atoms with van der Waals surface area (Å²) >= 11 is 0. The van der Waals surface area contributed by atoms with Crippen LogP contribution < -0.4 is 10.5 Å². The van der Waals surface area contributed by atoms with Gasteiger partial charge in [0, 0.05) is 13.5 Å². The molecule has 0 radical (unpaired) electrons. The Balaban J connectivity index is 2.14. The minimum absolute atomic E-state index is 0.0401. The molecule has 0 fully saturated rings. The Hall–Kier alpha value is -1.88. The number of aromatic nitrogens is 2. The molecule has 0 aliphatic heterocycles. The van der Waals surface area contributed by atoms with Crippen molar-refractivity contribution in [2.75, 3.05) is 13.7 Å². The predicted molar refractivity (Wildman–Crippen MR) is 67.5 cm³/mol. The van der Waals surface area contributed by atoms with Crippen LogP contribution in [0.1, 0.15) is 23.3 Å². The first-order valence-electron chi connectivity index (χ1n) is 5.86. The van der Waals surface area contributed by atoms with Gasteiger partial charge in [-0.2, -0.15) is 0 Å². The Kier molecular flexibility index (Phi) is 3.94. The van der Waals surface area contributed by atoms with Crippen LogP contribution in [0.25, 0.3) is 0 Å². The number of nitrogens with zero attached hydrogens (tertiary/aromatic N) is 2. The van der Waals surface area contributed by atoms with E-state index in [0.717, 1.165) is 17.7 Å². The summed E-state index contributed by atoms with van der Waals surface area (Å²) in [6.45, 7) is 2.24. The maximum Gasteiger partial charge on any atom is 0.221 e. The molecule has 0 aliphatic carbocycles. The molecule has 5 nitrogen and oxygen atoms in total. The molecule has 1 atom stereocenters. The predicted octanol–water partition coefficient (Wildman–Crippen LogP) is 1.67. The maximum absolute atomic E-state index is 5.77. The van der Waals surface area contributed by atoms with Gasteiger partial charge >= 0.3 is 0 Å². The van der Waals surface area contributed by atoms with E-state index in [9.17, 15) is 0 Å². The Morgan fingerprint density at radius 1 is 1.39 bits per heavy atom. The summed E-state index contributed by atoms with van der Waals surface area (Å²) in [6.07, 6.45) is 0.759. The second-order valence-corrected chi connectivity index (χ2v) is 4.15. The van der Waals surface area contributed by atoms with Crippen LogP contribution in [0.3, 0.4) is 0 Å². The maximum atomic E-state index is 5.77. The minimum atomic E-state index is 0.0401. The molecular weight excluding hydrogens is 230 g/mol. The lowest BCUT2D eigenvalue weighted by Crippen LogP contribution is -2.15. The molecule has 96 valence electrons. The van der Waals surface area contributed by atoms with Gasteiger partial charge < -0.3 is 14.9 Å². The highest BCUT2D eigenvalue weighted by Gasteiger charge is 2.17. The molecule has 0 saturated carbocycles. The van der Waals surface area contributed by atoms with Gasteiger partial charge in [0.05, 0.1) is 13.0 Å². The molecule has 5 heteroatoms. The molecule has 1 heterocycles. The van der Waals surface area contributed by atoms with Gasteiger partial charge in [-0.25, -0.2) is 0 Å². The monoisotopic (exact) mass is 247 g/mol. The quantitative estimate of drug-likeness (QED) is 0.870. The van der Waals surface area contributed by atoms with E-state index in [1.807, 2.05) is 24.3 Å². The molecule has 2 N–H and O–H groups in total. The molecule has 0 saturated heterocycles. The summed E-state index contributed by atoms with van der Waals surface area (Å²) in [7, 11) is 1.65. The normalized spacial score (nSPS) is 12.4. The minimum Gasteiger partial charge on any atom is -0.497 e. The Labute approximate surface area is 106 Å². The van der Waals surface area contributed by atoms with Crippen LogP contribution in [0.2, 0.25) is 0 Å². The van der Waals surface area contributed by atoms with Gasteiger partial charge in [-0.05, 0) is 24.1 Å². The zero-order valence-corrected chi connectivity index (χ0v) is 10.6. The van der Waals surface area contributed by atoms with Crippen molar-refractivity contribution < 1.29 is 9.15 Å². The lowest BCUT2D eigenvalue weighted by Gasteiger charge is -2.11. The van der Waals surface area contributed by atoms with Gasteiger partial charge in [0.15, 0.2) is 0 Å². The van der Waals surface area contributed by atoms with Gasteiger partial charge in [0.25, 0.3) is 0 Å². The lowest BCUT2D eigenvalue weighted by molar-refractivity contribution is 0.412. The Morgan fingerprint density at radius 2 is 2.22 bits per heavy atom. The van der Waals surface area contributed by atoms with Crippen molar-refractivity contribution in [3.63, 3.8) is 0 Å². The van der Waals surface area contributed by atoms with Crippen LogP contribution in [0, 0.1) is 6.92 Å². The Morgan fingerprint density at radius 3 is 2.83 bits per heavy atom. The number of benzene rings is 1. The van der Waals surface area contributed by atoms with Crippen LogP contribution in [0.5, 0.6) is 5.75 Å². The van der Waals surface area contributed by atoms with E-state index in [1.54, 1.807) is 14.0 Å². The van der Waals surface area contributed by atoms with Crippen molar-refractivity contribution in [2.24, 2.45) is 5.73 Å². The van der Waals surface area contributed by atoms with Crippen LogP contribution in [-0.4, -0.2) is 23.9 Å². The van der Waals surface area contributed by atoms with E-state index in [0.29, 0.717) is 18.3 Å². The number of hydrogen-bond acceptors (Lipinski definition) is 5. The van der Waals surface area contributed by atoms with Crippen molar-refractivity contribution >= 4 is 0 Å². The molecule has 0 aliphatic rings. The SMILES string of the molecule is COc1cccc(CC(CN)c2nnc(C)o2)c1. The fraction of sp³-hybridized carbons (Fsp3) is 0.385. The highest BCUT2D eigenvalue weighted by molar-refractivity contribution is 5.29. The van der Waals surface area contributed by atoms with Crippen LogP contribution in [-0.2, 0) is 6.42 Å². The molecule has 0 bridgehead atoms. The zero-order valence-electron chi connectivity index (χ0n) is 10.6. The van der Waals surface area contributed by atoms with Gasteiger partial charge in [0.1, 0.15) is 5.75 Å². The fourth-order valence-electron chi connectivity index (χ4n) is 1.83. The molecule has 2 aromatic rings. The number of methoxy groups -OCH3 is 1. The van der Waals surface area contributed by atoms with Crippen molar-refractivity contribution in [3.8, 4) is 5.75 Å². The summed E-state index contributed by atoms with van der Waals surface area (Å²) < 4.78 is 10.6. The lowest BCUT2D eigenvalue weighted by atomic mass is 9.99. The highest BCUT2D eigenvalue weighted by Crippen LogP contribution is 2.21. The second kappa shape index (κ2) is 5.64. The van der Waals surface area contributed by atoms with E-state index in [2.05, 4.69) is 10.2 Å². The van der Waals surface area contributed by atoms with E-state index in [1.165, 1.54) is 0 Å². The van der Waals surface area contributed by atoms with Gasteiger partial charge in [0.2, 0.25) is 11.8 Å². The summed E-state index contributed by atoms with van der Waals surface area (Å²) in [5.74, 6) is 2.04. The molecular formula is C13H17N3O2. The van der Waals surface area contributed by atoms with Crippen molar-refractivity contribution in [2.45, 2.75) is 19.3 Å². The molecule has 0 spiro atoms. The summed E-state index contributed by atoms with van der Waals surface area (Å²) in [5, 5.41) is 7.86. The standard InChI is InChI=1S/C13H17N3O2/c1-9-15-16-13(18-9)11(8-14)6-10-4-3-5-12(7-10)17-2/h3-5,7,11H,6,8,14H2,1-2H3. The van der Waals surface area contributed by atoms with Crippen molar-refractivity contribution in [1.82, 2.24) is 10.2 Å². The number of hydrogen-bond donors (Lipinski definition) is 1. The molecule has 1 aromatic heterocycles. The number of aryl methyl sites for hydroxylation is 1. The second-order valence-electron chi connectivity index (χ2n) is 4.15. The first-order chi connectivity index (χ1) is 8.72. The highest BCUT2D eigenvalue weighted by atomic mass is 16.5. The smallest absolute Gasteiger partial charge is 0.221 e. The fourth-order valence-corrected chi connectivity index (χ4v) is 1.83. The number of rotatable bonds is 5. The van der Waals surface area contributed by atoms with Crippen LogP contribution >= 0.6 is 0 Å². The van der Waals surface area contributed by atoms with E-state index in [4.69, 9.17) is 14.9 Å². The van der Waals surface area contributed by atoms with Gasteiger partial charge in [-0.1, -0.05) is 12.1 Å². The summed E-state index contributed by atoms with van der Waals surface area (Å²) in [4.78, 5) is 0. The average Bonchev–Trinajstić information content (AvgIpc) is 2.82. The summed E-state index contributed by atoms with van der Waals surface area (Å²) in [6, 6.07) is 7.90. The van der Waals surface area contributed by atoms with E-state index < -0.39 is 0 Å². The third-order valence-electron chi connectivity index (χ3n) is 2.79. The van der Waals surface area contributed by atoms with Gasteiger partial charge in [-0.3, -0.25) is 0 Å². The molecule has 2 rings (SSSR count). The molecule has 1 unspecified atom stereocenters. The van der Waals surface area contributed by atoms with Crippen LogP contribution in [0.15, 0.2) is 28.7 Å². The average molecular weight is 247 g/mol. The first-order valence-corrected chi connectivity index (χ1v) is 5.86. The largest absolute Gasteiger partial charge is 0.497 e.